The summed E-state index contributed by atoms with van der Waals surface area (Å²) in [6.07, 6.45) is 1.54. The Morgan fingerprint density at radius 2 is 2.22 bits per heavy atom. The predicted octanol–water partition coefficient (Wildman–Crippen LogP) is 2.38. The molecule has 0 unspecified atom stereocenters. The van der Waals surface area contributed by atoms with Gasteiger partial charge in [0.15, 0.2) is 0 Å². The molecule has 2 rings (SSSR count). The highest BCUT2D eigenvalue weighted by molar-refractivity contribution is 6.30. The largest absolute Gasteiger partial charge is 0.306 e. The fourth-order valence-electron chi connectivity index (χ4n) is 1.66. The van der Waals surface area contributed by atoms with E-state index in [9.17, 15) is 4.39 Å². The molecular weight excluding hydrogens is 255 g/mol. The van der Waals surface area contributed by atoms with Crippen LogP contribution in [0.2, 0.25) is 5.02 Å². The summed E-state index contributed by atoms with van der Waals surface area (Å²) in [7, 11) is 0. The number of aryl methyl sites for hydroxylation is 1. The Kier molecular flexibility index (Phi) is 4.28. The van der Waals surface area contributed by atoms with Crippen molar-refractivity contribution in [3.05, 3.63) is 46.8 Å². The van der Waals surface area contributed by atoms with E-state index in [0.29, 0.717) is 13.1 Å². The van der Waals surface area contributed by atoms with Gasteiger partial charge in [-0.05, 0) is 24.6 Å². The van der Waals surface area contributed by atoms with Crippen molar-refractivity contribution in [2.45, 2.75) is 26.6 Å². The molecule has 0 bridgehead atoms. The van der Waals surface area contributed by atoms with Crippen molar-refractivity contribution >= 4 is 11.6 Å². The van der Waals surface area contributed by atoms with Crippen LogP contribution in [0.1, 0.15) is 18.3 Å². The number of hydrogen-bond donors (Lipinski definition) is 1. The molecule has 0 aliphatic rings. The zero-order valence-electron chi connectivity index (χ0n) is 10.0. The minimum Gasteiger partial charge on any atom is -0.306 e. The first-order chi connectivity index (χ1) is 8.70. The van der Waals surface area contributed by atoms with E-state index in [4.69, 9.17) is 11.6 Å². The van der Waals surface area contributed by atoms with Crippen LogP contribution in [-0.2, 0) is 19.6 Å². The molecular formula is C12H14ClFN4. The van der Waals surface area contributed by atoms with E-state index in [-0.39, 0.29) is 5.02 Å². The Morgan fingerprint density at radius 3 is 2.94 bits per heavy atom. The zero-order chi connectivity index (χ0) is 13.0. The second-order valence-electron chi connectivity index (χ2n) is 3.84. The fourth-order valence-corrected chi connectivity index (χ4v) is 1.86. The van der Waals surface area contributed by atoms with Gasteiger partial charge in [0.25, 0.3) is 0 Å². The average Bonchev–Trinajstić information content (AvgIpc) is 2.81. The van der Waals surface area contributed by atoms with Crippen LogP contribution >= 0.6 is 11.6 Å². The number of benzene rings is 1. The number of rotatable bonds is 5. The average molecular weight is 269 g/mol. The number of halogens is 2. The van der Waals surface area contributed by atoms with Gasteiger partial charge in [-0.15, -0.1) is 0 Å². The lowest BCUT2D eigenvalue weighted by Gasteiger charge is -2.06. The summed E-state index contributed by atoms with van der Waals surface area (Å²) in [5, 5.41) is 7.45. The minimum atomic E-state index is -0.397. The number of hydrogen-bond acceptors (Lipinski definition) is 3. The molecule has 96 valence electrons. The molecule has 1 N–H and O–H groups in total. The molecule has 0 saturated heterocycles. The van der Waals surface area contributed by atoms with E-state index < -0.39 is 5.82 Å². The Morgan fingerprint density at radius 1 is 1.39 bits per heavy atom. The second kappa shape index (κ2) is 5.93. The van der Waals surface area contributed by atoms with Gasteiger partial charge in [0.05, 0.1) is 11.6 Å². The summed E-state index contributed by atoms with van der Waals surface area (Å²) in [5.41, 5.74) is 0.934. The van der Waals surface area contributed by atoms with Crippen molar-refractivity contribution in [3.8, 4) is 0 Å². The Bertz CT molecular complexity index is 527. The Balaban J connectivity index is 1.90. The predicted molar refractivity (Wildman–Crippen MR) is 67.6 cm³/mol. The summed E-state index contributed by atoms with van der Waals surface area (Å²) in [6.45, 7) is 4.02. The first kappa shape index (κ1) is 13.0. The summed E-state index contributed by atoms with van der Waals surface area (Å²) >= 11 is 5.71. The van der Waals surface area contributed by atoms with E-state index >= 15 is 0 Å². The molecule has 2 aromatic rings. The van der Waals surface area contributed by atoms with Gasteiger partial charge >= 0.3 is 0 Å². The summed E-state index contributed by atoms with van der Waals surface area (Å²) in [5.74, 6) is 0.483. The molecule has 0 radical (unpaired) electrons. The molecule has 0 amide bonds. The molecule has 4 nitrogen and oxygen atoms in total. The van der Waals surface area contributed by atoms with E-state index in [1.807, 2.05) is 11.6 Å². The molecule has 1 heterocycles. The maximum absolute atomic E-state index is 13.0. The summed E-state index contributed by atoms with van der Waals surface area (Å²) < 4.78 is 14.8. The van der Waals surface area contributed by atoms with Crippen molar-refractivity contribution in [1.82, 2.24) is 20.1 Å². The van der Waals surface area contributed by atoms with Crippen molar-refractivity contribution in [1.29, 1.82) is 0 Å². The third-order valence-corrected chi connectivity index (χ3v) is 2.88. The van der Waals surface area contributed by atoms with Crippen LogP contribution in [0, 0.1) is 5.82 Å². The van der Waals surface area contributed by atoms with Gasteiger partial charge in [-0.25, -0.2) is 14.1 Å². The monoisotopic (exact) mass is 268 g/mol. The highest BCUT2D eigenvalue weighted by Crippen LogP contribution is 2.15. The van der Waals surface area contributed by atoms with Gasteiger partial charge in [0.2, 0.25) is 0 Å². The smallest absolute Gasteiger partial charge is 0.141 e. The van der Waals surface area contributed by atoms with Crippen molar-refractivity contribution in [3.63, 3.8) is 0 Å². The SMILES string of the molecule is CCn1ncnc1CNCc1ccc(F)c(Cl)c1. The zero-order valence-corrected chi connectivity index (χ0v) is 10.8. The number of nitrogens with zero attached hydrogens (tertiary/aromatic N) is 3. The summed E-state index contributed by atoms with van der Waals surface area (Å²) in [4.78, 5) is 4.15. The molecule has 0 fully saturated rings. The Hall–Kier alpha value is -1.46. The third kappa shape index (κ3) is 3.05. The normalized spacial score (nSPS) is 10.8. The van der Waals surface area contributed by atoms with E-state index in [2.05, 4.69) is 15.4 Å². The van der Waals surface area contributed by atoms with Gasteiger partial charge in [-0.1, -0.05) is 17.7 Å². The van der Waals surface area contributed by atoms with Gasteiger partial charge in [-0.2, -0.15) is 5.10 Å². The molecule has 1 aromatic heterocycles. The van der Waals surface area contributed by atoms with Crippen LogP contribution < -0.4 is 5.32 Å². The molecule has 1 aromatic carbocycles. The van der Waals surface area contributed by atoms with E-state index in [1.54, 1.807) is 12.1 Å². The molecule has 6 heteroatoms. The molecule has 0 saturated carbocycles. The van der Waals surface area contributed by atoms with Crippen LogP contribution in [0.25, 0.3) is 0 Å². The van der Waals surface area contributed by atoms with Crippen LogP contribution in [0.4, 0.5) is 4.39 Å². The highest BCUT2D eigenvalue weighted by atomic mass is 35.5. The first-order valence-electron chi connectivity index (χ1n) is 5.72. The minimum absolute atomic E-state index is 0.144. The number of nitrogens with one attached hydrogen (secondary N) is 1. The molecule has 0 aliphatic carbocycles. The van der Waals surface area contributed by atoms with Crippen LogP contribution in [-0.4, -0.2) is 14.8 Å². The third-order valence-electron chi connectivity index (χ3n) is 2.59. The lowest BCUT2D eigenvalue weighted by molar-refractivity contribution is 0.571. The van der Waals surface area contributed by atoms with Crippen LogP contribution in [0.5, 0.6) is 0 Å². The maximum Gasteiger partial charge on any atom is 0.141 e. The van der Waals surface area contributed by atoms with Crippen LogP contribution in [0.15, 0.2) is 24.5 Å². The quantitative estimate of drug-likeness (QED) is 0.905. The fraction of sp³-hybridized carbons (Fsp3) is 0.333. The highest BCUT2D eigenvalue weighted by Gasteiger charge is 2.03. The maximum atomic E-state index is 13.0. The first-order valence-corrected chi connectivity index (χ1v) is 6.10. The van der Waals surface area contributed by atoms with Gasteiger partial charge in [0.1, 0.15) is 18.0 Å². The number of aromatic nitrogens is 3. The van der Waals surface area contributed by atoms with E-state index in [1.165, 1.54) is 12.4 Å². The van der Waals surface area contributed by atoms with E-state index in [0.717, 1.165) is 17.9 Å². The lowest BCUT2D eigenvalue weighted by atomic mass is 10.2. The van der Waals surface area contributed by atoms with Crippen LogP contribution in [0.3, 0.4) is 0 Å². The second-order valence-corrected chi connectivity index (χ2v) is 4.25. The Labute approximate surface area is 110 Å². The summed E-state index contributed by atoms with van der Waals surface area (Å²) in [6, 6.07) is 4.70. The topological polar surface area (TPSA) is 42.7 Å². The van der Waals surface area contributed by atoms with Crippen molar-refractivity contribution < 1.29 is 4.39 Å². The molecule has 0 atom stereocenters. The van der Waals surface area contributed by atoms with Gasteiger partial charge in [-0.3, -0.25) is 0 Å². The lowest BCUT2D eigenvalue weighted by Crippen LogP contribution is -2.17. The van der Waals surface area contributed by atoms with Gasteiger partial charge in [0, 0.05) is 13.1 Å². The van der Waals surface area contributed by atoms with Crippen molar-refractivity contribution in [2.75, 3.05) is 0 Å². The molecule has 18 heavy (non-hydrogen) atoms. The molecule has 0 aliphatic heterocycles. The van der Waals surface area contributed by atoms with Crippen molar-refractivity contribution in [2.24, 2.45) is 0 Å². The standard InChI is InChI=1S/C12H14ClFN4/c1-2-18-12(16-8-17-18)7-15-6-9-3-4-11(14)10(13)5-9/h3-5,8,15H,2,6-7H2,1H3. The van der Waals surface area contributed by atoms with Gasteiger partial charge < -0.3 is 5.32 Å². The molecule has 0 spiro atoms.